The number of nitrogens with zero attached hydrogens (tertiary/aromatic N) is 3. The normalized spacial score (nSPS) is 21.0. The van der Waals surface area contributed by atoms with E-state index in [4.69, 9.17) is 4.52 Å². The molecule has 2 fully saturated rings. The summed E-state index contributed by atoms with van der Waals surface area (Å²) in [7, 11) is -3.64. The lowest BCUT2D eigenvalue weighted by Crippen LogP contribution is -2.52. The molecule has 1 amide bonds. The molecule has 0 spiro atoms. The molecule has 0 aliphatic carbocycles. The molecule has 0 aromatic carbocycles. The zero-order valence-corrected chi connectivity index (χ0v) is 14.2. The number of nitrogens with one attached hydrogen (secondary N) is 1. The van der Waals surface area contributed by atoms with Crippen LogP contribution in [0, 0.1) is 19.8 Å². The van der Waals surface area contributed by atoms with Gasteiger partial charge in [-0.25, -0.2) is 8.42 Å². The first-order valence-corrected chi connectivity index (χ1v) is 9.28. The Morgan fingerprint density at radius 1 is 1.22 bits per heavy atom. The fraction of sp³-hybridized carbons (Fsp3) is 0.714. The first-order chi connectivity index (χ1) is 10.9. The summed E-state index contributed by atoms with van der Waals surface area (Å²) in [6.45, 7) is 6.40. The van der Waals surface area contributed by atoms with Crippen LogP contribution in [-0.2, 0) is 14.8 Å². The maximum atomic E-state index is 12.8. The van der Waals surface area contributed by atoms with Crippen LogP contribution in [0.15, 0.2) is 9.42 Å². The summed E-state index contributed by atoms with van der Waals surface area (Å²) in [6, 6.07) is 0. The smallest absolute Gasteiger partial charge is 0.248 e. The number of sulfonamides is 1. The highest BCUT2D eigenvalue weighted by atomic mass is 32.2. The van der Waals surface area contributed by atoms with Crippen molar-refractivity contribution in [2.45, 2.75) is 25.2 Å². The van der Waals surface area contributed by atoms with Gasteiger partial charge in [-0.05, 0) is 20.3 Å². The van der Waals surface area contributed by atoms with Gasteiger partial charge in [0.05, 0.1) is 5.92 Å². The first kappa shape index (κ1) is 16.4. The predicted molar refractivity (Wildman–Crippen MR) is 82.3 cm³/mol. The predicted octanol–water partition coefficient (Wildman–Crippen LogP) is -0.266. The van der Waals surface area contributed by atoms with E-state index in [1.54, 1.807) is 18.7 Å². The third-order valence-electron chi connectivity index (χ3n) is 4.46. The Morgan fingerprint density at radius 2 is 1.96 bits per heavy atom. The van der Waals surface area contributed by atoms with E-state index in [0.717, 1.165) is 13.1 Å². The number of carbonyl (C=O) groups is 1. The third-order valence-corrected chi connectivity index (χ3v) is 6.61. The van der Waals surface area contributed by atoms with Crippen molar-refractivity contribution in [2.24, 2.45) is 5.92 Å². The minimum Gasteiger partial charge on any atom is -0.360 e. The van der Waals surface area contributed by atoms with E-state index >= 15 is 0 Å². The van der Waals surface area contributed by atoms with Gasteiger partial charge in [-0.1, -0.05) is 5.16 Å². The zero-order chi connectivity index (χ0) is 16.6. The largest absolute Gasteiger partial charge is 0.360 e. The van der Waals surface area contributed by atoms with E-state index < -0.39 is 10.0 Å². The fourth-order valence-electron chi connectivity index (χ4n) is 3.05. The van der Waals surface area contributed by atoms with Crippen LogP contribution >= 0.6 is 0 Å². The summed E-state index contributed by atoms with van der Waals surface area (Å²) in [5.41, 5.74) is 0.375. The lowest BCUT2D eigenvalue weighted by atomic mass is 10.0. The average molecular weight is 342 g/mol. The Balaban J connectivity index is 1.73. The van der Waals surface area contributed by atoms with Crippen molar-refractivity contribution in [1.82, 2.24) is 19.7 Å². The van der Waals surface area contributed by atoms with E-state index in [2.05, 4.69) is 10.5 Å². The van der Waals surface area contributed by atoms with E-state index in [9.17, 15) is 13.2 Å². The Kier molecular flexibility index (Phi) is 4.43. The van der Waals surface area contributed by atoms with Gasteiger partial charge in [0.2, 0.25) is 15.9 Å². The highest BCUT2D eigenvalue weighted by Gasteiger charge is 2.35. The van der Waals surface area contributed by atoms with Crippen LogP contribution in [0.1, 0.15) is 17.9 Å². The zero-order valence-electron chi connectivity index (χ0n) is 13.4. The second-order valence-electron chi connectivity index (χ2n) is 6.09. The SMILES string of the molecule is Cc1noc(C)c1S(=O)(=O)N1CCCN(C(=O)C2CNC2)CC1. The number of rotatable bonds is 3. The summed E-state index contributed by atoms with van der Waals surface area (Å²) in [4.78, 5) is 14.3. The minimum absolute atomic E-state index is 0.0423. The van der Waals surface area contributed by atoms with Gasteiger partial charge in [0, 0.05) is 39.3 Å². The first-order valence-electron chi connectivity index (χ1n) is 7.84. The van der Waals surface area contributed by atoms with Crippen molar-refractivity contribution in [1.29, 1.82) is 0 Å². The summed E-state index contributed by atoms with van der Waals surface area (Å²) in [5, 5.41) is 6.82. The highest BCUT2D eigenvalue weighted by Crippen LogP contribution is 2.24. The number of aryl methyl sites for hydroxylation is 2. The molecule has 0 atom stereocenters. The number of aromatic nitrogens is 1. The fourth-order valence-corrected chi connectivity index (χ4v) is 4.81. The van der Waals surface area contributed by atoms with Crippen molar-refractivity contribution in [3.63, 3.8) is 0 Å². The number of hydrogen-bond acceptors (Lipinski definition) is 6. The second kappa shape index (κ2) is 6.21. The van der Waals surface area contributed by atoms with Crippen molar-refractivity contribution in [3.05, 3.63) is 11.5 Å². The van der Waals surface area contributed by atoms with Gasteiger partial charge in [0.15, 0.2) is 5.76 Å². The number of carbonyl (C=O) groups excluding carboxylic acids is 1. The molecule has 23 heavy (non-hydrogen) atoms. The van der Waals surface area contributed by atoms with Crippen LogP contribution in [0.3, 0.4) is 0 Å². The molecule has 2 aliphatic rings. The van der Waals surface area contributed by atoms with Crippen LogP contribution in [0.5, 0.6) is 0 Å². The van der Waals surface area contributed by atoms with Gasteiger partial charge in [-0.2, -0.15) is 4.31 Å². The molecule has 8 nitrogen and oxygen atoms in total. The molecule has 0 unspecified atom stereocenters. The van der Waals surface area contributed by atoms with Gasteiger partial charge in [0.25, 0.3) is 0 Å². The molecule has 0 saturated carbocycles. The monoisotopic (exact) mass is 342 g/mol. The van der Waals surface area contributed by atoms with Crippen molar-refractivity contribution in [2.75, 3.05) is 39.3 Å². The molecule has 0 bridgehead atoms. The Labute approximate surface area is 135 Å². The van der Waals surface area contributed by atoms with E-state index in [1.165, 1.54) is 4.31 Å². The molecule has 3 rings (SSSR count). The molecule has 1 aromatic heterocycles. The quantitative estimate of drug-likeness (QED) is 0.813. The van der Waals surface area contributed by atoms with Crippen LogP contribution in [0.25, 0.3) is 0 Å². The Hall–Kier alpha value is -1.45. The Bertz CT molecular complexity index is 676. The van der Waals surface area contributed by atoms with Crippen molar-refractivity contribution >= 4 is 15.9 Å². The summed E-state index contributed by atoms with van der Waals surface area (Å²) in [5.74, 6) is 0.473. The molecule has 128 valence electrons. The molecule has 0 radical (unpaired) electrons. The number of hydrogen-bond donors (Lipinski definition) is 1. The van der Waals surface area contributed by atoms with Crippen LogP contribution < -0.4 is 5.32 Å². The molecule has 1 N–H and O–H groups in total. The van der Waals surface area contributed by atoms with Crippen molar-refractivity contribution < 1.29 is 17.7 Å². The van der Waals surface area contributed by atoms with E-state index in [-0.39, 0.29) is 16.7 Å². The molecule has 2 saturated heterocycles. The van der Waals surface area contributed by atoms with Gasteiger partial charge in [-0.15, -0.1) is 0 Å². The average Bonchev–Trinajstić information content (AvgIpc) is 2.65. The molecular weight excluding hydrogens is 320 g/mol. The second-order valence-corrected chi connectivity index (χ2v) is 7.97. The molecular formula is C14H22N4O4S. The van der Waals surface area contributed by atoms with Gasteiger partial charge in [-0.3, -0.25) is 4.79 Å². The molecule has 3 heterocycles. The molecule has 9 heteroatoms. The highest BCUT2D eigenvalue weighted by molar-refractivity contribution is 7.89. The van der Waals surface area contributed by atoms with Crippen LogP contribution in [-0.4, -0.2) is 68.0 Å². The lowest BCUT2D eigenvalue weighted by molar-refractivity contribution is -0.136. The molecule has 1 aromatic rings. The Morgan fingerprint density at radius 3 is 2.52 bits per heavy atom. The van der Waals surface area contributed by atoms with E-state index in [0.29, 0.717) is 44.1 Å². The van der Waals surface area contributed by atoms with E-state index in [1.807, 2.05) is 0 Å². The molecule has 2 aliphatic heterocycles. The maximum absolute atomic E-state index is 12.8. The summed E-state index contributed by atoms with van der Waals surface area (Å²) < 4.78 is 32.1. The van der Waals surface area contributed by atoms with Gasteiger partial charge >= 0.3 is 0 Å². The van der Waals surface area contributed by atoms with Gasteiger partial charge < -0.3 is 14.7 Å². The number of amides is 1. The van der Waals surface area contributed by atoms with Crippen molar-refractivity contribution in [3.8, 4) is 0 Å². The third kappa shape index (κ3) is 3.00. The van der Waals surface area contributed by atoms with Crippen LogP contribution in [0.4, 0.5) is 0 Å². The van der Waals surface area contributed by atoms with Gasteiger partial charge in [0.1, 0.15) is 10.6 Å². The van der Waals surface area contributed by atoms with Crippen LogP contribution in [0.2, 0.25) is 0 Å². The standard InChI is InChI=1S/C14H22N4O4S/c1-10-13(11(2)22-16-10)23(20,21)18-5-3-4-17(6-7-18)14(19)12-8-15-9-12/h12,15H,3-9H2,1-2H3. The topological polar surface area (TPSA) is 95.8 Å². The summed E-state index contributed by atoms with van der Waals surface area (Å²) >= 11 is 0. The lowest BCUT2D eigenvalue weighted by Gasteiger charge is -2.31. The minimum atomic E-state index is -3.64. The maximum Gasteiger partial charge on any atom is 0.248 e. The summed E-state index contributed by atoms with van der Waals surface area (Å²) in [6.07, 6.45) is 0.633.